The number of nitrogens with one attached hydrogen (secondary N) is 1. The van der Waals surface area contributed by atoms with E-state index in [0.29, 0.717) is 43.1 Å². The molecular formula is C20H23N5O2. The lowest BCUT2D eigenvalue weighted by molar-refractivity contribution is 0.0754. The van der Waals surface area contributed by atoms with E-state index < -0.39 is 0 Å². The molecule has 1 N–H and O–H groups in total. The van der Waals surface area contributed by atoms with Crippen LogP contribution in [0.25, 0.3) is 0 Å². The average Bonchev–Trinajstić information content (AvgIpc) is 3.09. The van der Waals surface area contributed by atoms with Crippen molar-refractivity contribution < 1.29 is 9.59 Å². The lowest BCUT2D eigenvalue weighted by Crippen LogP contribution is -2.33. The number of benzene rings is 1. The molecule has 0 spiro atoms. The van der Waals surface area contributed by atoms with Gasteiger partial charge in [-0.25, -0.2) is 4.98 Å². The first-order valence-corrected chi connectivity index (χ1v) is 9.29. The van der Waals surface area contributed by atoms with E-state index in [1.54, 1.807) is 29.2 Å². The number of hydrogen-bond donors (Lipinski definition) is 1. The summed E-state index contributed by atoms with van der Waals surface area (Å²) in [6.45, 7) is 5.72. The van der Waals surface area contributed by atoms with E-state index in [4.69, 9.17) is 0 Å². The molecule has 2 aromatic rings. The number of nitriles is 1. The Morgan fingerprint density at radius 1 is 1.26 bits per heavy atom. The predicted octanol–water partition coefficient (Wildman–Crippen LogP) is 2.83. The average molecular weight is 365 g/mol. The molecule has 0 saturated heterocycles. The van der Waals surface area contributed by atoms with Crippen LogP contribution in [0, 0.1) is 11.3 Å². The molecular weight excluding hydrogens is 342 g/mol. The number of hydrogen-bond acceptors (Lipinski definition) is 4. The highest BCUT2D eigenvalue weighted by atomic mass is 16.2. The summed E-state index contributed by atoms with van der Waals surface area (Å²) in [6, 6.07) is 8.90. The Morgan fingerprint density at radius 3 is 2.70 bits per heavy atom. The molecule has 1 aromatic carbocycles. The summed E-state index contributed by atoms with van der Waals surface area (Å²) in [6.07, 6.45) is 2.63. The van der Waals surface area contributed by atoms with Gasteiger partial charge in [-0.1, -0.05) is 12.1 Å². The SMILES string of the molecule is CCN(CC)C(=O)c1nc(C(=O)Nc2ccccc2C#N)c2n1CCCC2. The monoisotopic (exact) mass is 365 g/mol. The first-order chi connectivity index (χ1) is 13.1. The first kappa shape index (κ1) is 18.6. The van der Waals surface area contributed by atoms with Crippen molar-refractivity contribution in [3.05, 3.63) is 47.0 Å². The minimum Gasteiger partial charge on any atom is -0.337 e. The summed E-state index contributed by atoms with van der Waals surface area (Å²) in [5.74, 6) is -0.214. The molecule has 0 fully saturated rings. The van der Waals surface area contributed by atoms with Gasteiger partial charge in [-0.3, -0.25) is 9.59 Å². The van der Waals surface area contributed by atoms with Crippen molar-refractivity contribution in [1.82, 2.24) is 14.5 Å². The third kappa shape index (κ3) is 3.56. The molecule has 2 heterocycles. The van der Waals surface area contributed by atoms with E-state index in [1.165, 1.54) is 0 Å². The first-order valence-electron chi connectivity index (χ1n) is 9.29. The van der Waals surface area contributed by atoms with Gasteiger partial charge in [-0.15, -0.1) is 0 Å². The molecule has 1 aromatic heterocycles. The summed E-state index contributed by atoms with van der Waals surface area (Å²) < 4.78 is 1.88. The van der Waals surface area contributed by atoms with Crippen LogP contribution in [-0.4, -0.2) is 39.4 Å². The number of rotatable bonds is 5. The third-order valence-corrected chi connectivity index (χ3v) is 4.87. The Morgan fingerprint density at radius 2 is 2.00 bits per heavy atom. The standard InChI is InChI=1S/C20H23N5O2/c1-3-24(4-2)20(27)18-23-17(16-11-7-8-12-25(16)18)19(26)22-15-10-6-5-9-14(15)13-21/h5-6,9-10H,3-4,7-8,11-12H2,1-2H3,(H,22,26). The van der Waals surface area contributed by atoms with Crippen LogP contribution in [0.3, 0.4) is 0 Å². The van der Waals surface area contributed by atoms with Crippen LogP contribution in [0.1, 0.15) is 59.1 Å². The lowest BCUT2D eigenvalue weighted by atomic mass is 10.1. The van der Waals surface area contributed by atoms with Gasteiger partial charge in [0.25, 0.3) is 11.8 Å². The zero-order valence-electron chi connectivity index (χ0n) is 15.7. The Bertz CT molecular complexity index is 906. The van der Waals surface area contributed by atoms with Gasteiger partial charge in [-0.2, -0.15) is 5.26 Å². The predicted molar refractivity (Wildman–Crippen MR) is 102 cm³/mol. The van der Waals surface area contributed by atoms with Crippen LogP contribution in [0.5, 0.6) is 0 Å². The molecule has 0 unspecified atom stereocenters. The number of para-hydroxylation sites is 1. The van der Waals surface area contributed by atoms with Crippen molar-refractivity contribution in [1.29, 1.82) is 5.26 Å². The molecule has 0 aliphatic carbocycles. The number of anilines is 1. The summed E-state index contributed by atoms with van der Waals surface area (Å²) in [5.41, 5.74) is 1.90. The molecule has 3 rings (SSSR count). The van der Waals surface area contributed by atoms with Crippen molar-refractivity contribution in [2.75, 3.05) is 18.4 Å². The topological polar surface area (TPSA) is 91.0 Å². The molecule has 0 atom stereocenters. The van der Waals surface area contributed by atoms with Gasteiger partial charge < -0.3 is 14.8 Å². The van der Waals surface area contributed by atoms with E-state index in [-0.39, 0.29) is 17.5 Å². The summed E-state index contributed by atoms with van der Waals surface area (Å²) >= 11 is 0. The van der Waals surface area contributed by atoms with Gasteiger partial charge in [0, 0.05) is 19.6 Å². The van der Waals surface area contributed by atoms with Crippen LogP contribution in [0.4, 0.5) is 5.69 Å². The number of nitrogens with zero attached hydrogens (tertiary/aromatic N) is 4. The number of carbonyl (C=O) groups is 2. The molecule has 7 nitrogen and oxygen atoms in total. The number of aromatic nitrogens is 2. The fraction of sp³-hybridized carbons (Fsp3) is 0.400. The molecule has 7 heteroatoms. The minimum atomic E-state index is -0.387. The Labute approximate surface area is 158 Å². The number of fused-ring (bicyclic) bond motifs is 1. The number of carbonyl (C=O) groups excluding carboxylic acids is 2. The smallest absolute Gasteiger partial charge is 0.289 e. The second-order valence-corrected chi connectivity index (χ2v) is 6.43. The fourth-order valence-corrected chi connectivity index (χ4v) is 3.41. The van der Waals surface area contributed by atoms with Crippen LogP contribution in [-0.2, 0) is 13.0 Å². The van der Waals surface area contributed by atoms with Gasteiger partial charge in [0.1, 0.15) is 6.07 Å². The summed E-state index contributed by atoms with van der Waals surface area (Å²) in [7, 11) is 0. The van der Waals surface area contributed by atoms with Crippen LogP contribution >= 0.6 is 0 Å². The Hall–Kier alpha value is -3.14. The minimum absolute atomic E-state index is 0.153. The molecule has 27 heavy (non-hydrogen) atoms. The van der Waals surface area contributed by atoms with E-state index in [9.17, 15) is 14.9 Å². The van der Waals surface area contributed by atoms with E-state index >= 15 is 0 Å². The van der Waals surface area contributed by atoms with Gasteiger partial charge >= 0.3 is 0 Å². The van der Waals surface area contributed by atoms with Crippen molar-refractivity contribution in [2.24, 2.45) is 0 Å². The van der Waals surface area contributed by atoms with Crippen LogP contribution in [0.15, 0.2) is 24.3 Å². The highest BCUT2D eigenvalue weighted by Gasteiger charge is 2.29. The second-order valence-electron chi connectivity index (χ2n) is 6.43. The highest BCUT2D eigenvalue weighted by molar-refractivity contribution is 6.05. The molecule has 140 valence electrons. The Kier molecular flexibility index (Phi) is 5.55. The van der Waals surface area contributed by atoms with Crippen molar-refractivity contribution >= 4 is 17.5 Å². The van der Waals surface area contributed by atoms with E-state index in [1.807, 2.05) is 18.4 Å². The van der Waals surface area contributed by atoms with Gasteiger partial charge in [0.05, 0.1) is 16.9 Å². The van der Waals surface area contributed by atoms with Gasteiger partial charge in [0.15, 0.2) is 11.5 Å². The summed E-state index contributed by atoms with van der Waals surface area (Å²) in [5, 5.41) is 12.0. The van der Waals surface area contributed by atoms with E-state index in [0.717, 1.165) is 18.5 Å². The second kappa shape index (κ2) is 8.04. The maximum Gasteiger partial charge on any atom is 0.289 e. The zero-order valence-corrected chi connectivity index (χ0v) is 15.7. The summed E-state index contributed by atoms with van der Waals surface area (Å²) in [4.78, 5) is 31.9. The largest absolute Gasteiger partial charge is 0.337 e. The molecule has 1 aliphatic rings. The van der Waals surface area contributed by atoms with Gasteiger partial charge in [0.2, 0.25) is 0 Å². The van der Waals surface area contributed by atoms with Crippen LogP contribution < -0.4 is 5.32 Å². The Balaban J connectivity index is 1.97. The van der Waals surface area contributed by atoms with Gasteiger partial charge in [-0.05, 0) is 45.2 Å². The maximum absolute atomic E-state index is 12.9. The number of imidazole rings is 1. The molecule has 0 bridgehead atoms. The third-order valence-electron chi connectivity index (χ3n) is 4.87. The van der Waals surface area contributed by atoms with E-state index in [2.05, 4.69) is 16.4 Å². The van der Waals surface area contributed by atoms with Crippen molar-refractivity contribution in [3.63, 3.8) is 0 Å². The lowest BCUT2D eigenvalue weighted by Gasteiger charge is -2.21. The highest BCUT2D eigenvalue weighted by Crippen LogP contribution is 2.23. The maximum atomic E-state index is 12.9. The number of amides is 2. The quantitative estimate of drug-likeness (QED) is 0.882. The van der Waals surface area contributed by atoms with Crippen LogP contribution in [0.2, 0.25) is 0 Å². The molecule has 0 saturated carbocycles. The van der Waals surface area contributed by atoms with Crippen molar-refractivity contribution in [3.8, 4) is 6.07 Å². The fourth-order valence-electron chi connectivity index (χ4n) is 3.41. The molecule has 0 radical (unpaired) electrons. The molecule has 1 aliphatic heterocycles. The molecule has 2 amide bonds. The zero-order chi connectivity index (χ0) is 19.4. The normalized spacial score (nSPS) is 12.8. The van der Waals surface area contributed by atoms with Crippen molar-refractivity contribution in [2.45, 2.75) is 39.7 Å².